The number of anilines is 1. The molecule has 2 heterocycles. The van der Waals surface area contributed by atoms with Crippen molar-refractivity contribution in [3.8, 4) is 5.75 Å². The average Bonchev–Trinajstić information content (AvgIpc) is 3.43. The van der Waals surface area contributed by atoms with E-state index in [4.69, 9.17) is 17.0 Å². The number of hydrogen-bond acceptors (Lipinski definition) is 4. The van der Waals surface area contributed by atoms with Gasteiger partial charge in [0.1, 0.15) is 11.6 Å². The highest BCUT2D eigenvalue weighted by molar-refractivity contribution is 6.19. The van der Waals surface area contributed by atoms with Gasteiger partial charge in [-0.05, 0) is 54.6 Å². The summed E-state index contributed by atoms with van der Waals surface area (Å²) in [6.07, 6.45) is 3.33. The van der Waals surface area contributed by atoms with Crippen LogP contribution in [0.25, 0.3) is 27.4 Å². The van der Waals surface area contributed by atoms with Gasteiger partial charge in [0, 0.05) is 46.6 Å². The first-order chi connectivity index (χ1) is 16.8. The molecule has 176 valence electrons. The number of halogens is 1. The van der Waals surface area contributed by atoms with Crippen LogP contribution in [0.4, 0.5) is 5.69 Å². The number of amides is 1. The van der Waals surface area contributed by atoms with E-state index in [1.54, 1.807) is 48.2 Å². The fraction of sp³-hybridized carbons (Fsp3) is 0.179. The van der Waals surface area contributed by atoms with Crippen LogP contribution in [0.3, 0.4) is 0 Å². The molecule has 0 spiro atoms. The topological polar surface area (TPSA) is 93.1 Å². The van der Waals surface area contributed by atoms with Crippen LogP contribution in [0.5, 0.6) is 5.75 Å². The van der Waals surface area contributed by atoms with Crippen molar-refractivity contribution < 1.29 is 9.90 Å². The van der Waals surface area contributed by atoms with Crippen molar-refractivity contribution in [2.75, 3.05) is 17.3 Å². The lowest BCUT2D eigenvalue weighted by Crippen LogP contribution is -2.30. The standard InChI is InChI=1S/C28H25ClN4O2/c1-4-17(10-16(3)30)27-31-21-9-8-18(11-22(21)32-27)28(35)33-14-19(13-29)26-23(33)12-24(34)20-7-5-6-15(2)25(20)26/h4-12,19,30,34H,1,13-14H2,2-3H3,(H,31,32)/b17-10+,30-16?. The minimum Gasteiger partial charge on any atom is -0.507 e. The van der Waals surface area contributed by atoms with E-state index in [0.29, 0.717) is 51.8 Å². The van der Waals surface area contributed by atoms with Crippen LogP contribution in [0.2, 0.25) is 0 Å². The molecule has 5 rings (SSSR count). The summed E-state index contributed by atoms with van der Waals surface area (Å²) < 4.78 is 0. The maximum Gasteiger partial charge on any atom is 0.258 e. The molecule has 4 aromatic rings. The van der Waals surface area contributed by atoms with Crippen molar-refractivity contribution in [1.29, 1.82) is 5.41 Å². The third kappa shape index (κ3) is 3.80. The average molecular weight is 485 g/mol. The molecule has 0 aliphatic carbocycles. The van der Waals surface area contributed by atoms with Crippen LogP contribution in [0.15, 0.2) is 61.2 Å². The number of aryl methyl sites for hydroxylation is 1. The number of rotatable bonds is 5. The highest BCUT2D eigenvalue weighted by Crippen LogP contribution is 2.46. The fourth-order valence-corrected chi connectivity index (χ4v) is 5.16. The number of imidazole rings is 1. The molecule has 1 aromatic heterocycles. The number of allylic oxidation sites excluding steroid dienone is 3. The normalized spacial score (nSPS) is 15.6. The summed E-state index contributed by atoms with van der Waals surface area (Å²) >= 11 is 6.36. The summed E-state index contributed by atoms with van der Waals surface area (Å²) in [6.45, 7) is 7.95. The number of aromatic amines is 1. The summed E-state index contributed by atoms with van der Waals surface area (Å²) in [4.78, 5) is 23.2. The molecule has 0 bridgehead atoms. The van der Waals surface area contributed by atoms with Gasteiger partial charge in [-0.25, -0.2) is 4.98 Å². The molecule has 3 N–H and O–H groups in total. The third-order valence-electron chi connectivity index (χ3n) is 6.50. The molecular formula is C28H25ClN4O2. The molecule has 1 atom stereocenters. The van der Waals surface area contributed by atoms with Gasteiger partial charge < -0.3 is 20.4 Å². The van der Waals surface area contributed by atoms with Gasteiger partial charge in [0.2, 0.25) is 0 Å². The maximum absolute atomic E-state index is 13.7. The van der Waals surface area contributed by atoms with Gasteiger partial charge >= 0.3 is 0 Å². The molecule has 1 aliphatic heterocycles. The number of benzene rings is 3. The Kier molecular flexibility index (Phi) is 5.69. The number of nitrogens with zero attached hydrogens (tertiary/aromatic N) is 2. The highest BCUT2D eigenvalue weighted by Gasteiger charge is 2.35. The Hall–Kier alpha value is -3.90. The van der Waals surface area contributed by atoms with Gasteiger partial charge in [-0.15, -0.1) is 11.6 Å². The predicted molar refractivity (Wildman–Crippen MR) is 143 cm³/mol. The summed E-state index contributed by atoms with van der Waals surface area (Å²) in [5.41, 5.74) is 5.78. The van der Waals surface area contributed by atoms with E-state index in [9.17, 15) is 9.90 Å². The zero-order valence-corrected chi connectivity index (χ0v) is 20.3. The molecule has 0 radical (unpaired) electrons. The zero-order chi connectivity index (χ0) is 24.9. The Morgan fingerprint density at radius 2 is 2.14 bits per heavy atom. The molecule has 0 fully saturated rings. The van der Waals surface area contributed by atoms with Gasteiger partial charge in [-0.1, -0.05) is 30.9 Å². The lowest BCUT2D eigenvalue weighted by Gasteiger charge is -2.19. The summed E-state index contributed by atoms with van der Waals surface area (Å²) in [5.74, 6) is 0.906. The Morgan fingerprint density at radius 3 is 2.86 bits per heavy atom. The van der Waals surface area contributed by atoms with Gasteiger partial charge in [0.15, 0.2) is 0 Å². The Balaban J connectivity index is 1.58. The first kappa shape index (κ1) is 22.9. The largest absolute Gasteiger partial charge is 0.507 e. The summed E-state index contributed by atoms with van der Waals surface area (Å²) in [7, 11) is 0. The lowest BCUT2D eigenvalue weighted by molar-refractivity contribution is 0.0988. The lowest BCUT2D eigenvalue weighted by atomic mass is 9.92. The van der Waals surface area contributed by atoms with Crippen LogP contribution in [-0.2, 0) is 0 Å². The number of carbonyl (C=O) groups is 1. The highest BCUT2D eigenvalue weighted by atomic mass is 35.5. The van der Waals surface area contributed by atoms with Crippen LogP contribution in [-0.4, -0.2) is 39.1 Å². The number of phenolic OH excluding ortho intramolecular Hbond substituents is 1. The molecule has 7 heteroatoms. The van der Waals surface area contributed by atoms with Crippen LogP contribution in [0.1, 0.15) is 40.2 Å². The molecule has 6 nitrogen and oxygen atoms in total. The van der Waals surface area contributed by atoms with Crippen LogP contribution < -0.4 is 4.90 Å². The van der Waals surface area contributed by atoms with E-state index in [0.717, 1.165) is 21.9 Å². The van der Waals surface area contributed by atoms with Crippen molar-refractivity contribution in [3.05, 3.63) is 83.7 Å². The second-order valence-electron chi connectivity index (χ2n) is 8.90. The molecule has 0 saturated carbocycles. The molecule has 1 amide bonds. The van der Waals surface area contributed by atoms with E-state index in [1.807, 2.05) is 25.1 Å². The van der Waals surface area contributed by atoms with Gasteiger partial charge in [0.25, 0.3) is 5.91 Å². The van der Waals surface area contributed by atoms with Crippen molar-refractivity contribution in [2.24, 2.45) is 0 Å². The zero-order valence-electron chi connectivity index (χ0n) is 19.5. The van der Waals surface area contributed by atoms with Crippen molar-refractivity contribution >= 4 is 56.3 Å². The number of nitrogens with one attached hydrogen (secondary N) is 2. The monoisotopic (exact) mass is 484 g/mol. The van der Waals surface area contributed by atoms with Crippen LogP contribution >= 0.6 is 11.6 Å². The van der Waals surface area contributed by atoms with Gasteiger partial charge in [-0.3, -0.25) is 4.79 Å². The molecule has 35 heavy (non-hydrogen) atoms. The molecular weight excluding hydrogens is 460 g/mol. The number of hydrogen-bond donors (Lipinski definition) is 3. The number of fused-ring (bicyclic) bond motifs is 4. The number of carbonyl (C=O) groups excluding carboxylic acids is 1. The fourth-order valence-electron chi connectivity index (χ4n) is 4.91. The molecule has 1 unspecified atom stereocenters. The minimum atomic E-state index is -0.168. The van der Waals surface area contributed by atoms with E-state index in [-0.39, 0.29) is 17.6 Å². The van der Waals surface area contributed by atoms with Crippen molar-refractivity contribution in [1.82, 2.24) is 9.97 Å². The van der Waals surface area contributed by atoms with Crippen molar-refractivity contribution in [2.45, 2.75) is 19.8 Å². The predicted octanol–water partition coefficient (Wildman–Crippen LogP) is 6.32. The smallest absolute Gasteiger partial charge is 0.258 e. The van der Waals surface area contributed by atoms with Gasteiger partial charge in [-0.2, -0.15) is 0 Å². The maximum atomic E-state index is 13.7. The molecule has 0 saturated heterocycles. The van der Waals surface area contributed by atoms with E-state index in [1.165, 1.54) is 0 Å². The van der Waals surface area contributed by atoms with Crippen LogP contribution in [0, 0.1) is 12.3 Å². The Labute approximate surface area is 208 Å². The van der Waals surface area contributed by atoms with Crippen molar-refractivity contribution in [3.63, 3.8) is 0 Å². The second-order valence-corrected chi connectivity index (χ2v) is 9.21. The van der Waals surface area contributed by atoms with E-state index >= 15 is 0 Å². The summed E-state index contributed by atoms with van der Waals surface area (Å²) in [5, 5.41) is 20.2. The van der Waals surface area contributed by atoms with E-state index < -0.39 is 0 Å². The number of H-pyrrole nitrogens is 1. The number of aromatic nitrogens is 2. The number of alkyl halides is 1. The summed E-state index contributed by atoms with van der Waals surface area (Å²) in [6, 6.07) is 12.8. The Bertz CT molecular complexity index is 1570. The van der Waals surface area contributed by atoms with E-state index in [2.05, 4.69) is 16.5 Å². The quantitative estimate of drug-likeness (QED) is 0.176. The minimum absolute atomic E-state index is 0.0352. The molecule has 1 aliphatic rings. The Morgan fingerprint density at radius 1 is 1.34 bits per heavy atom. The first-order valence-electron chi connectivity index (χ1n) is 11.3. The number of aromatic hydroxyl groups is 1. The third-order valence-corrected chi connectivity index (χ3v) is 6.87. The molecule has 3 aromatic carbocycles. The number of phenols is 1. The first-order valence-corrected chi connectivity index (χ1v) is 11.9. The second kappa shape index (κ2) is 8.71. The van der Waals surface area contributed by atoms with Gasteiger partial charge in [0.05, 0.1) is 16.7 Å². The SMILES string of the molecule is C=C/C(=C\C(C)=N)c1nc2ccc(C(=O)N3CC(CCl)c4c3cc(O)c3cccc(C)c43)cc2[nH]1.